The number of amides is 1. The molecule has 0 saturated heterocycles. The summed E-state index contributed by atoms with van der Waals surface area (Å²) in [5.41, 5.74) is 6.87. The number of benzene rings is 1. The molecule has 0 radical (unpaired) electrons. The zero-order valence-electron chi connectivity index (χ0n) is 12.2. The predicted molar refractivity (Wildman–Crippen MR) is 83.1 cm³/mol. The fourth-order valence-corrected chi connectivity index (χ4v) is 2.40. The fourth-order valence-electron chi connectivity index (χ4n) is 1.74. The van der Waals surface area contributed by atoms with Gasteiger partial charge in [-0.05, 0) is 18.9 Å². The molecular formula is C14H23N3O3S. The molecule has 0 fully saturated rings. The molecule has 0 aliphatic rings. The highest BCUT2D eigenvalue weighted by Crippen LogP contribution is 2.12. The summed E-state index contributed by atoms with van der Waals surface area (Å²) in [5, 5.41) is 2.73. The highest BCUT2D eigenvalue weighted by molar-refractivity contribution is 7.89. The maximum Gasteiger partial charge on any atom is 0.221 e. The number of carbonyl (C=O) groups is 1. The average molecular weight is 313 g/mol. The van der Waals surface area contributed by atoms with Crippen molar-refractivity contribution in [3.05, 3.63) is 35.9 Å². The maximum atomic E-state index is 11.7. The Morgan fingerprint density at radius 2 is 1.90 bits per heavy atom. The van der Waals surface area contributed by atoms with E-state index in [4.69, 9.17) is 5.73 Å². The van der Waals surface area contributed by atoms with E-state index < -0.39 is 10.0 Å². The van der Waals surface area contributed by atoms with Crippen LogP contribution in [0.15, 0.2) is 30.3 Å². The van der Waals surface area contributed by atoms with Crippen LogP contribution in [-0.2, 0) is 14.8 Å². The second-order valence-corrected chi connectivity index (χ2v) is 6.82. The van der Waals surface area contributed by atoms with Crippen LogP contribution in [0.25, 0.3) is 0 Å². The molecule has 0 spiro atoms. The van der Waals surface area contributed by atoms with Crippen molar-refractivity contribution in [2.45, 2.75) is 25.8 Å². The third-order valence-corrected chi connectivity index (χ3v) is 4.41. The van der Waals surface area contributed by atoms with E-state index in [1.807, 2.05) is 30.3 Å². The molecule has 1 atom stereocenters. The molecule has 0 aliphatic carbocycles. The van der Waals surface area contributed by atoms with E-state index in [0.29, 0.717) is 19.5 Å². The average Bonchev–Trinajstić information content (AvgIpc) is 2.47. The van der Waals surface area contributed by atoms with E-state index in [-0.39, 0.29) is 24.1 Å². The lowest BCUT2D eigenvalue weighted by Crippen LogP contribution is -2.32. The number of carbonyl (C=O) groups excluding carboxylic acids is 1. The first kappa shape index (κ1) is 17.6. The van der Waals surface area contributed by atoms with Gasteiger partial charge in [0.2, 0.25) is 15.9 Å². The van der Waals surface area contributed by atoms with Crippen LogP contribution in [-0.4, -0.2) is 33.2 Å². The fraction of sp³-hybridized carbons (Fsp3) is 0.500. The Bertz CT molecular complexity index is 532. The molecule has 0 aliphatic heterocycles. The van der Waals surface area contributed by atoms with Crippen molar-refractivity contribution in [2.24, 2.45) is 5.73 Å². The Hall–Kier alpha value is -1.44. The van der Waals surface area contributed by atoms with Crippen LogP contribution < -0.4 is 15.8 Å². The number of hydrogen-bond donors (Lipinski definition) is 3. The summed E-state index contributed by atoms with van der Waals surface area (Å²) in [6.07, 6.45) is 0.760. The zero-order valence-corrected chi connectivity index (χ0v) is 13.0. The molecule has 0 heterocycles. The van der Waals surface area contributed by atoms with E-state index in [9.17, 15) is 13.2 Å². The van der Waals surface area contributed by atoms with Gasteiger partial charge in [-0.2, -0.15) is 0 Å². The molecule has 6 nitrogen and oxygen atoms in total. The van der Waals surface area contributed by atoms with Crippen molar-refractivity contribution in [2.75, 3.05) is 18.8 Å². The van der Waals surface area contributed by atoms with Crippen LogP contribution in [0.1, 0.15) is 31.4 Å². The number of nitrogens with two attached hydrogens (primary N) is 1. The number of hydrogen-bond acceptors (Lipinski definition) is 4. The number of sulfonamides is 1. The van der Waals surface area contributed by atoms with Crippen molar-refractivity contribution in [3.8, 4) is 0 Å². The molecule has 1 unspecified atom stereocenters. The van der Waals surface area contributed by atoms with Crippen LogP contribution in [0.5, 0.6) is 0 Å². The number of nitrogens with one attached hydrogen (secondary N) is 2. The van der Waals surface area contributed by atoms with Crippen LogP contribution in [0.3, 0.4) is 0 Å². The van der Waals surface area contributed by atoms with Gasteiger partial charge in [0.05, 0.1) is 5.75 Å². The molecular weight excluding hydrogens is 290 g/mol. The monoisotopic (exact) mass is 313 g/mol. The molecule has 1 aromatic rings. The van der Waals surface area contributed by atoms with Gasteiger partial charge in [-0.25, -0.2) is 13.1 Å². The zero-order chi connectivity index (χ0) is 15.7. The minimum Gasteiger partial charge on any atom is -0.356 e. The first-order valence-corrected chi connectivity index (χ1v) is 8.64. The Morgan fingerprint density at radius 3 is 2.52 bits per heavy atom. The first-order chi connectivity index (χ1) is 9.94. The van der Waals surface area contributed by atoms with Crippen molar-refractivity contribution < 1.29 is 13.2 Å². The summed E-state index contributed by atoms with van der Waals surface area (Å²) >= 11 is 0. The lowest BCUT2D eigenvalue weighted by Gasteiger charge is -2.12. The SMILES string of the molecule is CCS(=O)(=O)NCCCNC(=O)CC(N)c1ccccc1. The van der Waals surface area contributed by atoms with Crippen molar-refractivity contribution in [1.82, 2.24) is 10.0 Å². The Balaban J connectivity index is 2.20. The van der Waals surface area contributed by atoms with Crippen LogP contribution in [0, 0.1) is 0 Å². The standard InChI is InChI=1S/C14H23N3O3S/c1-2-21(19,20)17-10-6-9-16-14(18)11-13(15)12-7-4-3-5-8-12/h3-5,7-8,13,17H,2,6,9-11,15H2,1H3,(H,16,18). The number of rotatable bonds is 9. The molecule has 1 amide bonds. The van der Waals surface area contributed by atoms with Gasteiger partial charge in [-0.3, -0.25) is 4.79 Å². The lowest BCUT2D eigenvalue weighted by molar-refractivity contribution is -0.121. The minimum atomic E-state index is -3.16. The van der Waals surface area contributed by atoms with Crippen LogP contribution in [0.2, 0.25) is 0 Å². The molecule has 0 saturated carbocycles. The maximum absolute atomic E-state index is 11.7. The van der Waals surface area contributed by atoms with Gasteiger partial charge in [0.25, 0.3) is 0 Å². The smallest absolute Gasteiger partial charge is 0.221 e. The summed E-state index contributed by atoms with van der Waals surface area (Å²) < 4.78 is 24.8. The van der Waals surface area contributed by atoms with Crippen molar-refractivity contribution in [1.29, 1.82) is 0 Å². The van der Waals surface area contributed by atoms with Crippen molar-refractivity contribution >= 4 is 15.9 Å². The lowest BCUT2D eigenvalue weighted by atomic mass is 10.0. The van der Waals surface area contributed by atoms with Crippen molar-refractivity contribution in [3.63, 3.8) is 0 Å². The van der Waals surface area contributed by atoms with E-state index in [0.717, 1.165) is 5.56 Å². The topological polar surface area (TPSA) is 101 Å². The molecule has 1 rings (SSSR count). The molecule has 1 aromatic carbocycles. The van der Waals surface area contributed by atoms with Crippen LogP contribution >= 0.6 is 0 Å². The summed E-state index contributed by atoms with van der Waals surface area (Å²) in [6, 6.07) is 9.10. The van der Waals surface area contributed by atoms with E-state index in [1.54, 1.807) is 6.92 Å². The first-order valence-electron chi connectivity index (χ1n) is 6.99. The predicted octanol–water partition coefficient (Wildman–Crippen LogP) is 0.522. The van der Waals surface area contributed by atoms with Crippen LogP contribution in [0.4, 0.5) is 0 Å². The van der Waals surface area contributed by atoms with E-state index in [2.05, 4.69) is 10.0 Å². The Morgan fingerprint density at radius 1 is 1.24 bits per heavy atom. The minimum absolute atomic E-state index is 0.0608. The molecule has 0 aromatic heterocycles. The van der Waals surface area contributed by atoms with Gasteiger partial charge < -0.3 is 11.1 Å². The molecule has 4 N–H and O–H groups in total. The second kappa shape index (κ2) is 8.76. The van der Waals surface area contributed by atoms with Gasteiger partial charge in [-0.1, -0.05) is 30.3 Å². The second-order valence-electron chi connectivity index (χ2n) is 4.72. The van der Waals surface area contributed by atoms with Gasteiger partial charge in [0.15, 0.2) is 0 Å². The summed E-state index contributed by atoms with van der Waals surface area (Å²) in [5.74, 6) is -0.0737. The van der Waals surface area contributed by atoms with E-state index >= 15 is 0 Å². The molecule has 7 heteroatoms. The third-order valence-electron chi connectivity index (χ3n) is 3.01. The highest BCUT2D eigenvalue weighted by atomic mass is 32.2. The third kappa shape index (κ3) is 7.22. The molecule has 21 heavy (non-hydrogen) atoms. The van der Waals surface area contributed by atoms with E-state index in [1.165, 1.54) is 0 Å². The molecule has 118 valence electrons. The van der Waals surface area contributed by atoms with Gasteiger partial charge >= 0.3 is 0 Å². The summed E-state index contributed by atoms with van der Waals surface area (Å²) in [4.78, 5) is 11.7. The highest BCUT2D eigenvalue weighted by Gasteiger charge is 2.11. The van der Waals surface area contributed by atoms with Gasteiger partial charge in [-0.15, -0.1) is 0 Å². The summed E-state index contributed by atoms with van der Waals surface area (Å²) in [6.45, 7) is 2.32. The Kier molecular flexibility index (Phi) is 7.35. The van der Waals surface area contributed by atoms with Gasteiger partial charge in [0, 0.05) is 25.6 Å². The Labute approximate surface area is 126 Å². The normalized spacial score (nSPS) is 12.9. The van der Waals surface area contributed by atoms with Gasteiger partial charge in [0.1, 0.15) is 0 Å². The largest absolute Gasteiger partial charge is 0.356 e. The molecule has 0 bridgehead atoms. The quantitative estimate of drug-likeness (QED) is 0.579. The summed E-state index contributed by atoms with van der Waals surface area (Å²) in [7, 11) is -3.16.